The van der Waals surface area contributed by atoms with Crippen molar-refractivity contribution in [2.45, 2.75) is 102 Å². The molecule has 1 aromatic carbocycles. The van der Waals surface area contributed by atoms with Crippen molar-refractivity contribution in [2.24, 2.45) is 0 Å². The molecule has 3 aromatic rings. The van der Waals surface area contributed by atoms with E-state index >= 15 is 0 Å². The molecular weight excluding hydrogens is 680 g/mol. The molecule has 0 saturated heterocycles. The quantitative estimate of drug-likeness (QED) is 0.0846. The third-order valence-corrected chi connectivity index (χ3v) is 11.4. The number of methoxy groups -OCH3 is 1. The molecule has 16 heteroatoms. The minimum atomic E-state index is -4.63. The zero-order valence-corrected chi connectivity index (χ0v) is 31.2. The fourth-order valence-electron chi connectivity index (χ4n) is 5.20. The van der Waals surface area contributed by atoms with Gasteiger partial charge in [0.25, 0.3) is 11.8 Å². The van der Waals surface area contributed by atoms with Crippen LogP contribution in [0.2, 0.25) is 25.7 Å². The first-order valence-corrected chi connectivity index (χ1v) is 20.9. The van der Waals surface area contributed by atoms with E-state index in [-0.39, 0.29) is 35.9 Å². The maximum atomic E-state index is 13.6. The lowest BCUT2D eigenvalue weighted by molar-refractivity contribution is -0.227. The lowest BCUT2D eigenvalue weighted by Crippen LogP contribution is -2.47. The fraction of sp³-hybridized carbons (Fsp3) is 0.576. The number of fused-ring (bicyclic) bond motifs is 2. The van der Waals surface area contributed by atoms with Crippen molar-refractivity contribution in [2.75, 3.05) is 20.3 Å². The van der Waals surface area contributed by atoms with Gasteiger partial charge in [0.1, 0.15) is 29.4 Å². The summed E-state index contributed by atoms with van der Waals surface area (Å²) in [5.74, 6) is -0.758. The van der Waals surface area contributed by atoms with Gasteiger partial charge in [0.2, 0.25) is 0 Å². The topological polar surface area (TPSA) is 131 Å². The van der Waals surface area contributed by atoms with Crippen molar-refractivity contribution < 1.29 is 41.5 Å². The summed E-state index contributed by atoms with van der Waals surface area (Å²) >= 11 is -1.74. The molecule has 1 unspecified atom stereocenters. The van der Waals surface area contributed by atoms with Crippen molar-refractivity contribution in [3.63, 3.8) is 0 Å². The molecule has 0 spiro atoms. The van der Waals surface area contributed by atoms with Crippen LogP contribution in [0, 0.1) is 0 Å². The summed E-state index contributed by atoms with van der Waals surface area (Å²) in [6.07, 6.45) is -7.89. The third-order valence-electron chi connectivity index (χ3n) is 8.10. The number of benzene rings is 1. The maximum absolute atomic E-state index is 13.6. The number of imidazole rings is 1. The molecule has 270 valence electrons. The number of carbonyl (C=O) groups is 2. The van der Waals surface area contributed by atoms with Crippen LogP contribution < -0.4 is 4.72 Å². The van der Waals surface area contributed by atoms with Crippen molar-refractivity contribution in [3.8, 4) is 0 Å². The Morgan fingerprint density at radius 2 is 1.61 bits per heavy atom. The van der Waals surface area contributed by atoms with E-state index in [1.807, 2.05) is 0 Å². The fourth-order valence-corrected chi connectivity index (χ4v) is 6.84. The Balaban J connectivity index is 1.82. The number of rotatable bonds is 15. The Kier molecular flexibility index (Phi) is 12.1. The largest absolute Gasteiger partial charge is 0.598 e. The lowest BCUT2D eigenvalue weighted by atomic mass is 10.1. The van der Waals surface area contributed by atoms with Crippen LogP contribution in [-0.2, 0) is 32.3 Å². The minimum Gasteiger partial charge on any atom is -0.598 e. The molecule has 5 atom stereocenters. The van der Waals surface area contributed by atoms with E-state index in [4.69, 9.17) is 24.2 Å². The van der Waals surface area contributed by atoms with Gasteiger partial charge in [-0.2, -0.15) is 13.2 Å². The van der Waals surface area contributed by atoms with Crippen LogP contribution in [0.4, 0.5) is 13.2 Å². The zero-order valence-electron chi connectivity index (χ0n) is 29.4. The van der Waals surface area contributed by atoms with Crippen molar-refractivity contribution in [1.29, 1.82) is 0 Å². The van der Waals surface area contributed by atoms with Gasteiger partial charge < -0.3 is 23.3 Å². The highest BCUT2D eigenvalue weighted by molar-refractivity contribution is 7.90. The molecule has 0 fully saturated rings. The van der Waals surface area contributed by atoms with E-state index in [1.165, 1.54) is 14.0 Å². The molecule has 2 aromatic heterocycles. The summed E-state index contributed by atoms with van der Waals surface area (Å²) in [5.41, 5.74) is 1.54. The van der Waals surface area contributed by atoms with Crippen LogP contribution in [0.5, 0.6) is 0 Å². The first-order valence-electron chi connectivity index (χ1n) is 16.1. The molecule has 1 N–H and O–H groups in total. The van der Waals surface area contributed by atoms with Crippen LogP contribution in [0.3, 0.4) is 0 Å². The zero-order chi connectivity index (χ0) is 36.5. The van der Waals surface area contributed by atoms with Gasteiger partial charge in [0.05, 0.1) is 35.0 Å². The number of ether oxygens (including phenoxy) is 3. The highest BCUT2D eigenvalue weighted by atomic mass is 32.2. The standard InChI is InChI=1S/C33H46F3N5O6SSi/c1-20(47-21(2)33(34,35)36)27(39-48(44)32(3,4)5)29-38-28-25(40(29)19-46-16-17-49(7,8)9)15-14-24(37-28)26(18-45-6)41-30(42)22-12-10-11-13-23(22)31(41)43/h10-15,20-21,26-27,39H,16-19H2,1-9H3/t20-,21-,26-,27+,48?/m1/s1. The van der Waals surface area contributed by atoms with Gasteiger partial charge in [-0.25, -0.2) is 9.97 Å². The van der Waals surface area contributed by atoms with Gasteiger partial charge in [-0.05, 0) is 64.9 Å². The molecule has 0 bridgehead atoms. The van der Waals surface area contributed by atoms with Crippen LogP contribution in [0.15, 0.2) is 36.4 Å². The second kappa shape index (κ2) is 15.2. The first-order chi connectivity index (χ1) is 22.7. The van der Waals surface area contributed by atoms with Crippen LogP contribution >= 0.6 is 0 Å². The summed E-state index contributed by atoms with van der Waals surface area (Å²) in [4.78, 5) is 37.4. The molecule has 0 saturated carbocycles. The highest BCUT2D eigenvalue weighted by Gasteiger charge is 2.43. The molecule has 3 heterocycles. The summed E-state index contributed by atoms with van der Waals surface area (Å²) in [6, 6.07) is 8.78. The van der Waals surface area contributed by atoms with Crippen molar-refractivity contribution in [1.82, 2.24) is 24.2 Å². The summed E-state index contributed by atoms with van der Waals surface area (Å²) in [7, 11) is -0.00650. The third kappa shape index (κ3) is 9.09. The Bertz CT molecular complexity index is 1610. The van der Waals surface area contributed by atoms with Gasteiger partial charge in [-0.1, -0.05) is 31.8 Å². The van der Waals surface area contributed by atoms with Gasteiger partial charge in [-0.15, -0.1) is 4.72 Å². The van der Waals surface area contributed by atoms with Gasteiger partial charge in [0.15, 0.2) is 11.8 Å². The number of aromatic nitrogens is 3. The molecule has 49 heavy (non-hydrogen) atoms. The van der Waals surface area contributed by atoms with E-state index in [2.05, 4.69) is 24.4 Å². The van der Waals surface area contributed by atoms with Crippen LogP contribution in [-0.4, -0.2) is 87.3 Å². The molecule has 1 aliphatic heterocycles. The Morgan fingerprint density at radius 3 is 2.14 bits per heavy atom. The second-order valence-electron chi connectivity index (χ2n) is 14.3. The molecule has 11 nitrogen and oxygen atoms in total. The normalized spacial score (nSPS) is 17.4. The Labute approximate surface area is 289 Å². The van der Waals surface area contributed by atoms with E-state index in [1.54, 1.807) is 61.7 Å². The highest BCUT2D eigenvalue weighted by Crippen LogP contribution is 2.34. The number of nitrogens with zero attached hydrogens (tertiary/aromatic N) is 4. The summed E-state index contributed by atoms with van der Waals surface area (Å²) in [5, 5.41) is 0. The molecular formula is C33H46F3N5O6SSi. The Hall–Kier alpha value is -2.86. The number of carbonyl (C=O) groups excluding carboxylic acids is 2. The molecule has 4 rings (SSSR count). The van der Waals surface area contributed by atoms with E-state index in [9.17, 15) is 27.3 Å². The second-order valence-corrected chi connectivity index (χ2v) is 21.9. The van der Waals surface area contributed by atoms with Crippen molar-refractivity contribution >= 4 is 42.4 Å². The van der Waals surface area contributed by atoms with Crippen LogP contribution in [0.1, 0.15) is 78.9 Å². The maximum Gasteiger partial charge on any atom is 0.414 e. The summed E-state index contributed by atoms with van der Waals surface area (Å²) < 4.78 is 75.1. The number of hydrogen-bond acceptors (Lipinski definition) is 9. The van der Waals surface area contributed by atoms with E-state index in [0.29, 0.717) is 17.8 Å². The van der Waals surface area contributed by atoms with Crippen molar-refractivity contribution in [3.05, 3.63) is 59.0 Å². The molecule has 0 aliphatic carbocycles. The average molecular weight is 726 g/mol. The van der Waals surface area contributed by atoms with E-state index < -0.39 is 66.5 Å². The first kappa shape index (κ1) is 38.9. The minimum absolute atomic E-state index is 0.0148. The number of imide groups is 1. The number of amides is 2. The molecule has 2 amide bonds. The van der Waals surface area contributed by atoms with Gasteiger partial charge >= 0.3 is 6.18 Å². The van der Waals surface area contributed by atoms with E-state index in [0.717, 1.165) is 17.9 Å². The number of nitrogens with one attached hydrogen (secondary N) is 1. The lowest BCUT2D eigenvalue weighted by Gasteiger charge is -2.32. The predicted octanol–water partition coefficient (Wildman–Crippen LogP) is 6.18. The Morgan fingerprint density at radius 1 is 1.00 bits per heavy atom. The number of halogens is 3. The van der Waals surface area contributed by atoms with Gasteiger partial charge in [0, 0.05) is 33.2 Å². The molecule has 0 radical (unpaired) electrons. The summed E-state index contributed by atoms with van der Waals surface area (Å²) in [6.45, 7) is 14.6. The number of pyridine rings is 1. The van der Waals surface area contributed by atoms with Crippen LogP contribution in [0.25, 0.3) is 11.2 Å². The van der Waals surface area contributed by atoms with Gasteiger partial charge in [-0.3, -0.25) is 14.5 Å². The predicted molar refractivity (Wildman–Crippen MR) is 183 cm³/mol. The molecule has 1 aliphatic rings. The smallest absolute Gasteiger partial charge is 0.414 e. The number of alkyl halides is 3. The average Bonchev–Trinajstić information content (AvgIpc) is 3.48. The SMILES string of the molecule is COC[C@H](c1ccc2c(n1)nc([C@@H](N[S+]([O-])C(C)(C)C)[C@@H](C)O[C@H](C)C(F)(F)F)n2COCC[Si](C)(C)C)N1C(=O)c2ccccc2C1=O. The monoisotopic (exact) mass is 725 g/mol. The number of hydrogen-bond donors (Lipinski definition) is 1.